The van der Waals surface area contributed by atoms with Gasteiger partial charge in [0.1, 0.15) is 11.1 Å². The molecule has 22 heavy (non-hydrogen) atoms. The van der Waals surface area contributed by atoms with E-state index >= 15 is 0 Å². The molecule has 3 rings (SSSR count). The lowest BCUT2D eigenvalue weighted by atomic mass is 9.98. The van der Waals surface area contributed by atoms with E-state index in [1.54, 1.807) is 7.05 Å². The van der Waals surface area contributed by atoms with Crippen LogP contribution in [0.5, 0.6) is 0 Å². The largest absolute Gasteiger partial charge is 0.477 e. The van der Waals surface area contributed by atoms with Crippen molar-refractivity contribution >= 4 is 23.6 Å². The van der Waals surface area contributed by atoms with Crippen LogP contribution in [0.2, 0.25) is 0 Å². The number of carbonyl (C=O) groups excluding carboxylic acids is 1. The first-order chi connectivity index (χ1) is 10.5. The summed E-state index contributed by atoms with van der Waals surface area (Å²) >= 11 is 1.36. The summed E-state index contributed by atoms with van der Waals surface area (Å²) in [5, 5.41) is 29.9. The number of carboxylic acid groups (broad SMARTS) is 1. The number of aromatic nitrogens is 4. The zero-order valence-corrected chi connectivity index (χ0v) is 12.7. The van der Waals surface area contributed by atoms with E-state index < -0.39 is 11.9 Å². The van der Waals surface area contributed by atoms with Gasteiger partial charge in [0.15, 0.2) is 5.82 Å². The van der Waals surface area contributed by atoms with E-state index in [4.69, 9.17) is 0 Å². The first kappa shape index (κ1) is 15.0. The summed E-state index contributed by atoms with van der Waals surface area (Å²) in [4.78, 5) is 26.6. The monoisotopic (exact) mass is 325 g/mol. The van der Waals surface area contributed by atoms with Crippen molar-refractivity contribution in [1.82, 2.24) is 25.1 Å². The van der Waals surface area contributed by atoms with Crippen molar-refractivity contribution in [2.75, 3.05) is 6.61 Å². The number of thioether (sulfide) groups is 1. The molecule has 0 radical (unpaired) electrons. The number of allylic oxidation sites excluding steroid dienone is 1. The predicted octanol–water partition coefficient (Wildman–Crippen LogP) is -0.647. The van der Waals surface area contributed by atoms with Gasteiger partial charge >= 0.3 is 5.97 Å². The summed E-state index contributed by atoms with van der Waals surface area (Å²) in [5.41, 5.74) is 0.0526. The number of aliphatic hydroxyl groups is 1. The Morgan fingerprint density at radius 1 is 1.41 bits per heavy atom. The topological polar surface area (TPSA) is 121 Å². The Hall–Kier alpha value is -1.94. The van der Waals surface area contributed by atoms with Gasteiger partial charge < -0.3 is 10.2 Å². The first-order valence-electron chi connectivity index (χ1n) is 6.83. The molecule has 1 aromatic rings. The molecule has 0 aliphatic carbocycles. The van der Waals surface area contributed by atoms with Gasteiger partial charge in [-0.15, -0.1) is 22.0 Å². The summed E-state index contributed by atoms with van der Waals surface area (Å²) in [6, 6.07) is 0. The molecule has 2 atom stereocenters. The minimum absolute atomic E-state index is 0.0526. The van der Waals surface area contributed by atoms with E-state index in [1.165, 1.54) is 21.5 Å². The molecule has 3 heterocycles. The number of aliphatic hydroxyl groups excluding tert-OH is 1. The zero-order chi connectivity index (χ0) is 15.9. The molecule has 0 bridgehead atoms. The van der Waals surface area contributed by atoms with Gasteiger partial charge in [-0.1, -0.05) is 0 Å². The van der Waals surface area contributed by atoms with Gasteiger partial charge in [0, 0.05) is 11.3 Å². The van der Waals surface area contributed by atoms with Gasteiger partial charge in [0.25, 0.3) is 0 Å². The van der Waals surface area contributed by atoms with E-state index in [1.807, 2.05) is 0 Å². The Morgan fingerprint density at radius 3 is 2.77 bits per heavy atom. The third kappa shape index (κ3) is 2.37. The molecule has 0 saturated carbocycles. The van der Waals surface area contributed by atoms with Gasteiger partial charge in [-0.2, -0.15) is 4.80 Å². The molecule has 118 valence electrons. The molecule has 0 aromatic carbocycles. The molecule has 2 aliphatic rings. The molecule has 9 nitrogen and oxygen atoms in total. The van der Waals surface area contributed by atoms with Crippen molar-refractivity contribution < 1.29 is 19.8 Å². The smallest absolute Gasteiger partial charge is 0.353 e. The highest BCUT2D eigenvalue weighted by molar-refractivity contribution is 8.04. The SMILES string of the molecule is Cn1nnc(CCCC2=C(C(=O)O)N3C(=O)[C@H](CO)[C@H]3S2)n1. The Morgan fingerprint density at radius 2 is 2.18 bits per heavy atom. The molecular formula is C12H15N5O4S. The Balaban J connectivity index is 1.67. The quantitative estimate of drug-likeness (QED) is 0.662. The van der Waals surface area contributed by atoms with E-state index in [0.717, 1.165) is 0 Å². The molecule has 1 aromatic heterocycles. The first-order valence-corrected chi connectivity index (χ1v) is 7.70. The highest BCUT2D eigenvalue weighted by Gasteiger charge is 2.55. The molecule has 1 saturated heterocycles. The van der Waals surface area contributed by atoms with Crippen LogP contribution in [0.1, 0.15) is 18.7 Å². The second kappa shape index (κ2) is 5.69. The Bertz CT molecular complexity index is 658. The lowest BCUT2D eigenvalue weighted by Gasteiger charge is -2.41. The van der Waals surface area contributed by atoms with Crippen LogP contribution in [0, 0.1) is 5.92 Å². The van der Waals surface area contributed by atoms with Crippen molar-refractivity contribution in [2.24, 2.45) is 13.0 Å². The minimum Gasteiger partial charge on any atom is -0.477 e. The third-order valence-corrected chi connectivity index (χ3v) is 5.14. The number of hydrogen-bond donors (Lipinski definition) is 2. The van der Waals surface area contributed by atoms with Crippen LogP contribution in [0.25, 0.3) is 0 Å². The highest BCUT2D eigenvalue weighted by atomic mass is 32.2. The lowest BCUT2D eigenvalue weighted by molar-refractivity contribution is -0.153. The average molecular weight is 325 g/mol. The molecule has 1 amide bonds. The minimum atomic E-state index is -1.10. The number of β-lactam (4-membered cyclic amide) rings is 1. The fourth-order valence-electron chi connectivity index (χ4n) is 2.63. The molecular weight excluding hydrogens is 310 g/mol. The molecule has 0 spiro atoms. The van der Waals surface area contributed by atoms with Crippen LogP contribution >= 0.6 is 11.8 Å². The number of nitrogens with zero attached hydrogens (tertiary/aromatic N) is 5. The number of hydrogen-bond acceptors (Lipinski definition) is 7. The van der Waals surface area contributed by atoms with Crippen molar-refractivity contribution in [2.45, 2.75) is 24.6 Å². The predicted molar refractivity (Wildman–Crippen MR) is 75.2 cm³/mol. The van der Waals surface area contributed by atoms with Gasteiger partial charge in [-0.05, 0) is 18.1 Å². The average Bonchev–Trinajstić information content (AvgIpc) is 3.02. The fourth-order valence-corrected chi connectivity index (χ4v) is 4.16. The van der Waals surface area contributed by atoms with Crippen LogP contribution in [0.4, 0.5) is 0 Å². The second-order valence-corrected chi connectivity index (χ2v) is 6.34. The van der Waals surface area contributed by atoms with Crippen LogP contribution in [-0.4, -0.2) is 59.2 Å². The molecule has 10 heteroatoms. The zero-order valence-electron chi connectivity index (χ0n) is 11.8. The number of carboxylic acids is 1. The number of tetrazole rings is 1. The summed E-state index contributed by atoms with van der Waals surface area (Å²) in [6.07, 6.45) is 1.79. The number of rotatable bonds is 6. The lowest BCUT2D eigenvalue weighted by Crippen LogP contribution is -2.58. The van der Waals surface area contributed by atoms with Crippen molar-refractivity contribution in [3.8, 4) is 0 Å². The maximum atomic E-state index is 11.9. The van der Waals surface area contributed by atoms with Crippen molar-refractivity contribution in [3.63, 3.8) is 0 Å². The fraction of sp³-hybridized carbons (Fsp3) is 0.583. The number of amides is 1. The second-order valence-electron chi connectivity index (χ2n) is 5.13. The summed E-state index contributed by atoms with van der Waals surface area (Å²) in [7, 11) is 1.68. The molecule has 0 unspecified atom stereocenters. The molecule has 1 fully saturated rings. The number of aryl methyl sites for hydroxylation is 2. The third-order valence-electron chi connectivity index (χ3n) is 3.67. The van der Waals surface area contributed by atoms with E-state index in [9.17, 15) is 19.8 Å². The summed E-state index contributed by atoms with van der Waals surface area (Å²) in [6.45, 7) is -0.253. The molecule has 2 aliphatic heterocycles. The summed E-state index contributed by atoms with van der Waals surface area (Å²) < 4.78 is 0. The van der Waals surface area contributed by atoms with Crippen molar-refractivity contribution in [1.29, 1.82) is 0 Å². The van der Waals surface area contributed by atoms with Crippen molar-refractivity contribution in [3.05, 3.63) is 16.4 Å². The Labute approximate surface area is 130 Å². The van der Waals surface area contributed by atoms with Crippen LogP contribution < -0.4 is 0 Å². The van der Waals surface area contributed by atoms with Crippen LogP contribution in [-0.2, 0) is 23.1 Å². The maximum Gasteiger partial charge on any atom is 0.353 e. The van der Waals surface area contributed by atoms with E-state index in [0.29, 0.717) is 30.0 Å². The maximum absolute atomic E-state index is 11.9. The standard InChI is InChI=1S/C12H15N5O4S/c1-16-14-8(13-15-16)4-2-3-7-9(12(20)21)17-10(19)6(5-18)11(17)22-7/h6,11,18H,2-5H2,1H3,(H,20,21)/t6-,11+/m0/s1. The Kier molecular flexibility index (Phi) is 3.87. The highest BCUT2D eigenvalue weighted by Crippen LogP contribution is 2.50. The number of aliphatic carboxylic acids is 1. The molecule has 2 N–H and O–H groups in total. The van der Waals surface area contributed by atoms with E-state index in [2.05, 4.69) is 15.4 Å². The van der Waals surface area contributed by atoms with Gasteiger partial charge in [0.05, 0.1) is 19.6 Å². The van der Waals surface area contributed by atoms with Crippen LogP contribution in [0.3, 0.4) is 0 Å². The van der Waals surface area contributed by atoms with Crippen LogP contribution in [0.15, 0.2) is 10.6 Å². The summed E-state index contributed by atoms with van der Waals surface area (Å²) in [5.74, 6) is -1.32. The number of carbonyl (C=O) groups is 2. The van der Waals surface area contributed by atoms with Gasteiger partial charge in [-0.3, -0.25) is 9.69 Å². The normalized spacial score (nSPS) is 23.7. The van der Waals surface area contributed by atoms with E-state index in [-0.39, 0.29) is 23.6 Å². The van der Waals surface area contributed by atoms with Gasteiger partial charge in [0.2, 0.25) is 5.91 Å². The number of fused-ring (bicyclic) bond motifs is 1. The van der Waals surface area contributed by atoms with Gasteiger partial charge in [-0.25, -0.2) is 4.79 Å².